The van der Waals surface area contributed by atoms with Gasteiger partial charge >= 0.3 is 0 Å². The van der Waals surface area contributed by atoms with E-state index < -0.39 is 0 Å². The lowest BCUT2D eigenvalue weighted by molar-refractivity contribution is 0.0186. The van der Waals surface area contributed by atoms with Gasteiger partial charge in [-0.15, -0.1) is 11.3 Å². The summed E-state index contributed by atoms with van der Waals surface area (Å²) < 4.78 is 7.72. The average molecular weight is 404 g/mol. The van der Waals surface area contributed by atoms with Crippen LogP contribution in [0.5, 0.6) is 0 Å². The van der Waals surface area contributed by atoms with Gasteiger partial charge in [0.1, 0.15) is 0 Å². The molecule has 0 aromatic carbocycles. The SMILES string of the molecule is CCNC(=NCC(c1ccc(C)s1)N1CCOCC1)N(C)Cc1cccn1C. The molecule has 2 aromatic heterocycles. The molecule has 154 valence electrons. The highest BCUT2D eigenvalue weighted by atomic mass is 32.1. The third kappa shape index (κ3) is 5.37. The number of ether oxygens (including phenoxy) is 1. The lowest BCUT2D eigenvalue weighted by Crippen LogP contribution is -2.42. The van der Waals surface area contributed by atoms with Gasteiger partial charge in [-0.2, -0.15) is 0 Å². The molecule has 0 aliphatic carbocycles. The Bertz CT molecular complexity index is 762. The fraction of sp³-hybridized carbons (Fsp3) is 0.571. The number of rotatable bonds is 7. The third-order valence-corrected chi connectivity index (χ3v) is 6.24. The number of aliphatic imine (C=N–C) groups is 1. The summed E-state index contributed by atoms with van der Waals surface area (Å²) in [4.78, 5) is 12.5. The molecule has 0 spiro atoms. The van der Waals surface area contributed by atoms with Crippen LogP contribution in [0.25, 0.3) is 0 Å². The Hall–Kier alpha value is -1.83. The van der Waals surface area contributed by atoms with E-state index in [1.807, 2.05) is 11.3 Å². The van der Waals surface area contributed by atoms with Crippen molar-refractivity contribution >= 4 is 17.3 Å². The molecule has 6 nitrogen and oxygen atoms in total. The molecule has 1 N–H and O–H groups in total. The van der Waals surface area contributed by atoms with Crippen LogP contribution in [0.1, 0.15) is 28.4 Å². The summed E-state index contributed by atoms with van der Waals surface area (Å²) in [5, 5.41) is 3.46. The van der Waals surface area contributed by atoms with E-state index in [1.54, 1.807) is 0 Å². The predicted octanol–water partition coefficient (Wildman–Crippen LogP) is 2.87. The Morgan fingerprint density at radius 3 is 2.71 bits per heavy atom. The molecule has 1 fully saturated rings. The summed E-state index contributed by atoms with van der Waals surface area (Å²) in [7, 11) is 4.19. The van der Waals surface area contributed by atoms with Gasteiger partial charge in [-0.3, -0.25) is 9.89 Å². The normalized spacial score (nSPS) is 16.9. The largest absolute Gasteiger partial charge is 0.379 e. The molecule has 0 saturated carbocycles. The minimum atomic E-state index is 0.305. The van der Waals surface area contributed by atoms with Crippen molar-refractivity contribution in [2.24, 2.45) is 12.0 Å². The Morgan fingerprint density at radius 1 is 1.32 bits per heavy atom. The zero-order chi connectivity index (χ0) is 19.9. The number of hydrogen-bond acceptors (Lipinski definition) is 4. The molecular weight excluding hydrogens is 370 g/mol. The Morgan fingerprint density at radius 2 is 2.11 bits per heavy atom. The molecule has 0 amide bonds. The van der Waals surface area contributed by atoms with E-state index in [2.05, 4.69) is 78.1 Å². The van der Waals surface area contributed by atoms with Crippen LogP contribution >= 0.6 is 11.3 Å². The summed E-state index contributed by atoms with van der Waals surface area (Å²) >= 11 is 1.88. The molecular formula is C21H33N5OS. The van der Waals surface area contributed by atoms with E-state index in [-0.39, 0.29) is 0 Å². The van der Waals surface area contributed by atoms with Crippen LogP contribution < -0.4 is 5.32 Å². The van der Waals surface area contributed by atoms with Crippen molar-refractivity contribution in [1.82, 2.24) is 19.7 Å². The summed E-state index contributed by atoms with van der Waals surface area (Å²) in [5.41, 5.74) is 1.27. The van der Waals surface area contributed by atoms with Crippen LogP contribution in [0.15, 0.2) is 35.5 Å². The van der Waals surface area contributed by atoms with Gasteiger partial charge in [-0.1, -0.05) is 0 Å². The Kier molecular flexibility index (Phi) is 7.53. The maximum absolute atomic E-state index is 5.57. The van der Waals surface area contributed by atoms with E-state index in [9.17, 15) is 0 Å². The number of aromatic nitrogens is 1. The lowest BCUT2D eigenvalue weighted by Gasteiger charge is -2.33. The van der Waals surface area contributed by atoms with E-state index in [0.717, 1.165) is 51.9 Å². The average Bonchev–Trinajstić information content (AvgIpc) is 3.30. The molecule has 1 aliphatic rings. The van der Waals surface area contributed by atoms with Gasteiger partial charge in [0.2, 0.25) is 0 Å². The minimum Gasteiger partial charge on any atom is -0.379 e. The number of guanidine groups is 1. The number of nitrogens with one attached hydrogen (secondary N) is 1. The molecule has 1 aliphatic heterocycles. The van der Waals surface area contributed by atoms with Crippen molar-refractivity contribution in [1.29, 1.82) is 0 Å². The first-order valence-corrected chi connectivity index (χ1v) is 10.9. The van der Waals surface area contributed by atoms with Crippen LogP contribution in [0.3, 0.4) is 0 Å². The second-order valence-electron chi connectivity index (χ2n) is 7.27. The molecule has 3 heterocycles. The van der Waals surface area contributed by atoms with Crippen LogP contribution in [-0.4, -0.2) is 66.8 Å². The number of hydrogen-bond donors (Lipinski definition) is 1. The third-order valence-electron chi connectivity index (χ3n) is 5.14. The monoisotopic (exact) mass is 403 g/mol. The van der Waals surface area contributed by atoms with Gasteiger partial charge < -0.3 is 19.5 Å². The maximum Gasteiger partial charge on any atom is 0.194 e. The first-order valence-electron chi connectivity index (χ1n) is 10.1. The van der Waals surface area contributed by atoms with Crippen LogP contribution in [0, 0.1) is 6.92 Å². The summed E-state index contributed by atoms with van der Waals surface area (Å²) in [6.07, 6.45) is 2.08. The van der Waals surface area contributed by atoms with Gasteiger partial charge in [-0.05, 0) is 38.1 Å². The van der Waals surface area contributed by atoms with E-state index >= 15 is 0 Å². The van der Waals surface area contributed by atoms with Crippen molar-refractivity contribution in [3.05, 3.63) is 45.9 Å². The Labute approximate surface area is 172 Å². The highest BCUT2D eigenvalue weighted by molar-refractivity contribution is 7.12. The van der Waals surface area contributed by atoms with Crippen LogP contribution in [-0.2, 0) is 18.3 Å². The molecule has 1 unspecified atom stereocenters. The summed E-state index contributed by atoms with van der Waals surface area (Å²) in [5.74, 6) is 0.954. The van der Waals surface area contributed by atoms with Crippen molar-refractivity contribution in [2.45, 2.75) is 26.4 Å². The number of nitrogens with zero attached hydrogens (tertiary/aromatic N) is 4. The van der Waals surface area contributed by atoms with Crippen molar-refractivity contribution in [3.8, 4) is 0 Å². The molecule has 1 atom stereocenters. The molecule has 7 heteroatoms. The predicted molar refractivity (Wildman–Crippen MR) is 117 cm³/mol. The topological polar surface area (TPSA) is 45.0 Å². The second kappa shape index (κ2) is 10.1. The van der Waals surface area contributed by atoms with Crippen LogP contribution in [0.2, 0.25) is 0 Å². The number of morpholine rings is 1. The van der Waals surface area contributed by atoms with E-state index in [0.29, 0.717) is 6.04 Å². The van der Waals surface area contributed by atoms with E-state index in [4.69, 9.17) is 9.73 Å². The van der Waals surface area contributed by atoms with Gasteiger partial charge in [0.05, 0.1) is 32.3 Å². The summed E-state index contributed by atoms with van der Waals surface area (Å²) in [6.45, 7) is 10.3. The van der Waals surface area contributed by atoms with Crippen molar-refractivity contribution < 1.29 is 4.74 Å². The molecule has 28 heavy (non-hydrogen) atoms. The quantitative estimate of drug-likeness (QED) is 0.570. The van der Waals surface area contributed by atoms with Crippen molar-refractivity contribution in [3.63, 3.8) is 0 Å². The first kappa shape index (κ1) is 20.9. The first-order chi connectivity index (χ1) is 13.6. The maximum atomic E-state index is 5.57. The molecule has 3 rings (SSSR count). The number of thiophene rings is 1. The van der Waals surface area contributed by atoms with E-state index in [1.165, 1.54) is 15.4 Å². The highest BCUT2D eigenvalue weighted by Crippen LogP contribution is 2.28. The fourth-order valence-corrected chi connectivity index (χ4v) is 4.53. The molecule has 0 radical (unpaired) electrons. The summed E-state index contributed by atoms with van der Waals surface area (Å²) in [6, 6.07) is 9.02. The molecule has 1 saturated heterocycles. The zero-order valence-electron chi connectivity index (χ0n) is 17.5. The zero-order valence-corrected chi connectivity index (χ0v) is 18.3. The molecule has 2 aromatic rings. The highest BCUT2D eigenvalue weighted by Gasteiger charge is 2.24. The van der Waals surface area contributed by atoms with Gasteiger partial charge in [0.15, 0.2) is 5.96 Å². The molecule has 0 bridgehead atoms. The van der Waals surface area contributed by atoms with Gasteiger partial charge in [-0.25, -0.2) is 0 Å². The number of aryl methyl sites for hydroxylation is 2. The van der Waals surface area contributed by atoms with Gasteiger partial charge in [0, 0.05) is 55.4 Å². The minimum absolute atomic E-state index is 0.305. The Balaban J connectivity index is 1.76. The smallest absolute Gasteiger partial charge is 0.194 e. The standard InChI is InChI=1S/C21H33N5OS/c1-5-22-21(25(4)16-18-7-6-10-24(18)3)23-15-19(20-9-8-17(2)28-20)26-11-13-27-14-12-26/h6-10,19H,5,11-16H2,1-4H3,(H,22,23). The van der Waals surface area contributed by atoms with Crippen molar-refractivity contribution in [2.75, 3.05) is 46.4 Å². The second-order valence-corrected chi connectivity index (χ2v) is 8.59. The van der Waals surface area contributed by atoms with Gasteiger partial charge in [0.25, 0.3) is 0 Å². The fourth-order valence-electron chi connectivity index (χ4n) is 3.53. The lowest BCUT2D eigenvalue weighted by atomic mass is 10.2. The van der Waals surface area contributed by atoms with Crippen LogP contribution in [0.4, 0.5) is 0 Å².